The van der Waals surface area contributed by atoms with Crippen molar-refractivity contribution in [2.24, 2.45) is 5.92 Å². The molecule has 3 rings (SSSR count). The second-order valence-corrected chi connectivity index (χ2v) is 6.04. The fourth-order valence-electron chi connectivity index (χ4n) is 3.31. The van der Waals surface area contributed by atoms with Gasteiger partial charge in [-0.2, -0.15) is 0 Å². The van der Waals surface area contributed by atoms with Gasteiger partial charge in [0.15, 0.2) is 11.5 Å². The van der Waals surface area contributed by atoms with Crippen molar-refractivity contribution in [3.05, 3.63) is 24.3 Å². The lowest BCUT2D eigenvalue weighted by Crippen LogP contribution is -2.43. The molecule has 1 aliphatic heterocycles. The van der Waals surface area contributed by atoms with E-state index >= 15 is 0 Å². The van der Waals surface area contributed by atoms with E-state index in [0.29, 0.717) is 12.6 Å². The van der Waals surface area contributed by atoms with Crippen molar-refractivity contribution >= 4 is 0 Å². The average Bonchev–Trinajstić information content (AvgIpc) is 2.53. The van der Waals surface area contributed by atoms with Gasteiger partial charge in [0.25, 0.3) is 0 Å². The Bertz CT molecular complexity index is 435. The quantitative estimate of drug-likeness (QED) is 0.913. The van der Waals surface area contributed by atoms with Gasteiger partial charge in [-0.05, 0) is 30.9 Å². The fourth-order valence-corrected chi connectivity index (χ4v) is 3.31. The van der Waals surface area contributed by atoms with Gasteiger partial charge in [0.05, 0.1) is 0 Å². The summed E-state index contributed by atoms with van der Waals surface area (Å²) in [6.07, 6.45) is 6.84. The van der Waals surface area contributed by atoms with Gasteiger partial charge in [0.1, 0.15) is 12.7 Å². The van der Waals surface area contributed by atoms with Gasteiger partial charge in [0.2, 0.25) is 0 Å². The highest BCUT2D eigenvalue weighted by atomic mass is 16.6. The van der Waals surface area contributed by atoms with Crippen molar-refractivity contribution in [2.75, 3.05) is 13.2 Å². The minimum Gasteiger partial charge on any atom is -0.486 e. The molecule has 110 valence electrons. The molecule has 3 nitrogen and oxygen atoms in total. The monoisotopic (exact) mass is 275 g/mol. The highest BCUT2D eigenvalue weighted by molar-refractivity contribution is 5.40. The molecule has 1 fully saturated rings. The van der Waals surface area contributed by atoms with Crippen molar-refractivity contribution < 1.29 is 9.47 Å². The summed E-state index contributed by atoms with van der Waals surface area (Å²) in [6.45, 7) is 3.84. The molecular formula is C17H25NO2. The Labute approximate surface area is 121 Å². The zero-order valence-corrected chi connectivity index (χ0v) is 12.3. The number of hydrogen-bond acceptors (Lipinski definition) is 3. The van der Waals surface area contributed by atoms with Crippen molar-refractivity contribution in [3.8, 4) is 11.5 Å². The van der Waals surface area contributed by atoms with Crippen LogP contribution >= 0.6 is 0 Å². The zero-order chi connectivity index (χ0) is 13.8. The largest absolute Gasteiger partial charge is 0.486 e. The lowest BCUT2D eigenvalue weighted by Gasteiger charge is -2.32. The zero-order valence-electron chi connectivity index (χ0n) is 12.3. The SMILES string of the molecule is CCC1CCCC(NCC2COc3ccccc3O2)C1. The van der Waals surface area contributed by atoms with Crippen LogP contribution in [0.3, 0.4) is 0 Å². The van der Waals surface area contributed by atoms with Crippen LogP contribution < -0.4 is 14.8 Å². The smallest absolute Gasteiger partial charge is 0.161 e. The number of ether oxygens (including phenoxy) is 2. The fraction of sp³-hybridized carbons (Fsp3) is 0.647. The van der Waals surface area contributed by atoms with Gasteiger partial charge >= 0.3 is 0 Å². The number of nitrogens with one attached hydrogen (secondary N) is 1. The van der Waals surface area contributed by atoms with Crippen LogP contribution in [0.15, 0.2) is 24.3 Å². The molecule has 0 bridgehead atoms. The summed E-state index contributed by atoms with van der Waals surface area (Å²) < 4.78 is 11.7. The summed E-state index contributed by atoms with van der Waals surface area (Å²) in [4.78, 5) is 0. The maximum Gasteiger partial charge on any atom is 0.161 e. The van der Waals surface area contributed by atoms with E-state index in [1.807, 2.05) is 24.3 Å². The predicted octanol–water partition coefficient (Wildman–Crippen LogP) is 3.38. The van der Waals surface area contributed by atoms with Gasteiger partial charge in [0, 0.05) is 12.6 Å². The Kier molecular flexibility index (Phi) is 4.46. The second-order valence-electron chi connectivity index (χ2n) is 6.04. The number of para-hydroxylation sites is 2. The van der Waals surface area contributed by atoms with Crippen molar-refractivity contribution in [1.82, 2.24) is 5.32 Å². The number of fused-ring (bicyclic) bond motifs is 1. The van der Waals surface area contributed by atoms with Gasteiger partial charge in [-0.1, -0.05) is 38.3 Å². The van der Waals surface area contributed by atoms with E-state index in [0.717, 1.165) is 24.0 Å². The summed E-state index contributed by atoms with van der Waals surface area (Å²) in [5.74, 6) is 2.65. The van der Waals surface area contributed by atoms with E-state index in [2.05, 4.69) is 12.2 Å². The van der Waals surface area contributed by atoms with Gasteiger partial charge < -0.3 is 14.8 Å². The molecule has 1 aromatic rings. The van der Waals surface area contributed by atoms with Crippen molar-refractivity contribution in [3.63, 3.8) is 0 Å². The van der Waals surface area contributed by atoms with Crippen LogP contribution in [0.2, 0.25) is 0 Å². The van der Waals surface area contributed by atoms with Crippen molar-refractivity contribution in [1.29, 1.82) is 0 Å². The maximum absolute atomic E-state index is 5.99. The first-order valence-electron chi connectivity index (χ1n) is 7.97. The Hall–Kier alpha value is -1.22. The van der Waals surface area contributed by atoms with Crippen LogP contribution in [0.4, 0.5) is 0 Å². The molecule has 3 unspecified atom stereocenters. The van der Waals surface area contributed by atoms with E-state index < -0.39 is 0 Å². The molecule has 3 atom stereocenters. The first-order valence-corrected chi connectivity index (χ1v) is 7.97. The van der Waals surface area contributed by atoms with E-state index in [1.54, 1.807) is 0 Å². The van der Waals surface area contributed by atoms with Gasteiger partial charge in [-0.25, -0.2) is 0 Å². The molecule has 1 aromatic carbocycles. The van der Waals surface area contributed by atoms with E-state index in [1.165, 1.54) is 32.1 Å². The van der Waals surface area contributed by atoms with E-state index in [9.17, 15) is 0 Å². The highest BCUT2D eigenvalue weighted by Crippen LogP contribution is 2.31. The van der Waals surface area contributed by atoms with E-state index in [4.69, 9.17) is 9.47 Å². The summed E-state index contributed by atoms with van der Waals surface area (Å²) in [5, 5.41) is 3.68. The lowest BCUT2D eigenvalue weighted by atomic mass is 9.84. The molecule has 1 saturated carbocycles. The molecule has 20 heavy (non-hydrogen) atoms. The molecule has 1 N–H and O–H groups in total. The predicted molar refractivity (Wildman–Crippen MR) is 80.4 cm³/mol. The summed E-state index contributed by atoms with van der Waals surface area (Å²) in [6, 6.07) is 8.58. The van der Waals surface area contributed by atoms with Gasteiger partial charge in [-0.15, -0.1) is 0 Å². The molecule has 0 saturated heterocycles. The molecule has 1 aliphatic carbocycles. The Morgan fingerprint density at radius 1 is 1.20 bits per heavy atom. The van der Waals surface area contributed by atoms with Crippen LogP contribution in [0, 0.1) is 5.92 Å². The molecular weight excluding hydrogens is 250 g/mol. The van der Waals surface area contributed by atoms with Crippen molar-refractivity contribution in [2.45, 2.75) is 51.2 Å². The third kappa shape index (κ3) is 3.26. The van der Waals surface area contributed by atoms with Crippen LogP contribution in [0.25, 0.3) is 0 Å². The topological polar surface area (TPSA) is 30.5 Å². The minimum absolute atomic E-state index is 0.131. The number of hydrogen-bond donors (Lipinski definition) is 1. The van der Waals surface area contributed by atoms with Gasteiger partial charge in [-0.3, -0.25) is 0 Å². The average molecular weight is 275 g/mol. The normalized spacial score (nSPS) is 29.1. The first kappa shape index (κ1) is 13.7. The number of benzene rings is 1. The molecule has 3 heteroatoms. The molecule has 0 amide bonds. The van der Waals surface area contributed by atoms with Crippen LogP contribution in [0.5, 0.6) is 11.5 Å². The molecule has 0 spiro atoms. The summed E-state index contributed by atoms with van der Waals surface area (Å²) in [7, 11) is 0. The van der Waals surface area contributed by atoms with E-state index in [-0.39, 0.29) is 6.10 Å². The molecule has 2 aliphatic rings. The molecule has 0 aromatic heterocycles. The van der Waals surface area contributed by atoms with Crippen LogP contribution in [-0.4, -0.2) is 25.3 Å². The minimum atomic E-state index is 0.131. The first-order chi connectivity index (χ1) is 9.85. The Morgan fingerprint density at radius 3 is 2.90 bits per heavy atom. The van der Waals surface area contributed by atoms with Crippen LogP contribution in [-0.2, 0) is 0 Å². The van der Waals surface area contributed by atoms with Crippen LogP contribution in [0.1, 0.15) is 39.0 Å². The number of rotatable bonds is 4. The third-order valence-electron chi connectivity index (χ3n) is 4.56. The summed E-state index contributed by atoms with van der Waals surface area (Å²) >= 11 is 0. The Morgan fingerprint density at radius 2 is 2.05 bits per heavy atom. The molecule has 1 heterocycles. The second kappa shape index (κ2) is 6.49. The standard InChI is InChI=1S/C17H25NO2/c1-2-13-6-5-7-14(10-13)18-11-15-12-19-16-8-3-4-9-17(16)20-15/h3-4,8-9,13-15,18H,2,5-7,10-12H2,1H3. The summed E-state index contributed by atoms with van der Waals surface area (Å²) in [5.41, 5.74) is 0. The maximum atomic E-state index is 5.99. The lowest BCUT2D eigenvalue weighted by molar-refractivity contribution is 0.0856. The highest BCUT2D eigenvalue weighted by Gasteiger charge is 2.24. The Balaban J connectivity index is 1.48. The molecule has 0 radical (unpaired) electrons. The third-order valence-corrected chi connectivity index (χ3v) is 4.56.